The molecule has 122 valence electrons. The van der Waals surface area contributed by atoms with Gasteiger partial charge in [-0.05, 0) is 44.0 Å². The summed E-state index contributed by atoms with van der Waals surface area (Å²) in [4.78, 5) is 12.9. The van der Waals surface area contributed by atoms with E-state index in [0.29, 0.717) is 28.1 Å². The molecule has 0 spiro atoms. The largest absolute Gasteiger partial charge is 0.464 e. The van der Waals surface area contributed by atoms with E-state index in [0.717, 1.165) is 32.1 Å². The highest BCUT2D eigenvalue weighted by Gasteiger charge is 2.46. The minimum absolute atomic E-state index is 0.0546. The summed E-state index contributed by atoms with van der Waals surface area (Å²) in [6.07, 6.45) is 6.20. The molecule has 2 fully saturated rings. The van der Waals surface area contributed by atoms with E-state index >= 15 is 0 Å². The SMILES string of the molecule is O=c1c([C@H]2NCC[C@@]3(O)CCCC[C@H]23)coc2ccc(Cl)cc12. The molecule has 0 amide bonds. The number of nitrogens with one attached hydrogen (secondary N) is 1. The molecule has 2 aromatic rings. The fraction of sp³-hybridized carbons (Fsp3) is 0.500. The molecule has 1 aromatic heterocycles. The molecule has 1 saturated carbocycles. The van der Waals surface area contributed by atoms with Crippen LogP contribution >= 0.6 is 11.6 Å². The van der Waals surface area contributed by atoms with Crippen LogP contribution in [0, 0.1) is 5.92 Å². The maximum Gasteiger partial charge on any atom is 0.197 e. The van der Waals surface area contributed by atoms with Crippen LogP contribution in [0.15, 0.2) is 33.7 Å². The van der Waals surface area contributed by atoms with Crippen molar-refractivity contribution in [2.45, 2.75) is 43.7 Å². The van der Waals surface area contributed by atoms with E-state index in [9.17, 15) is 9.90 Å². The van der Waals surface area contributed by atoms with Crippen LogP contribution in [-0.2, 0) is 0 Å². The standard InChI is InChI=1S/C18H20ClNO3/c19-11-4-5-15-12(9-11)17(21)13(10-23-15)16-14-3-1-2-6-18(14,22)7-8-20-16/h4-5,9-10,14,16,20,22H,1-3,6-8H2/t14-,16-,18+/m1/s1. The van der Waals surface area contributed by atoms with Gasteiger partial charge in [-0.2, -0.15) is 0 Å². The van der Waals surface area contributed by atoms with Crippen molar-refractivity contribution >= 4 is 22.6 Å². The number of hydrogen-bond acceptors (Lipinski definition) is 4. The van der Waals surface area contributed by atoms with Crippen molar-refractivity contribution in [2.75, 3.05) is 6.54 Å². The van der Waals surface area contributed by atoms with Gasteiger partial charge in [0.1, 0.15) is 5.58 Å². The Morgan fingerprint density at radius 3 is 3.04 bits per heavy atom. The van der Waals surface area contributed by atoms with Crippen molar-refractivity contribution in [2.24, 2.45) is 5.92 Å². The van der Waals surface area contributed by atoms with Crippen molar-refractivity contribution in [3.63, 3.8) is 0 Å². The molecular weight excluding hydrogens is 314 g/mol. The van der Waals surface area contributed by atoms with Crippen LogP contribution in [0.5, 0.6) is 0 Å². The first kappa shape index (κ1) is 15.2. The second-order valence-corrected chi connectivity index (χ2v) is 7.23. The van der Waals surface area contributed by atoms with Crippen LogP contribution in [0.4, 0.5) is 0 Å². The second-order valence-electron chi connectivity index (χ2n) is 6.80. The zero-order valence-corrected chi connectivity index (χ0v) is 13.6. The summed E-state index contributed by atoms with van der Waals surface area (Å²) in [7, 11) is 0. The zero-order valence-electron chi connectivity index (χ0n) is 12.8. The Labute approximate surface area is 139 Å². The van der Waals surface area contributed by atoms with Gasteiger partial charge in [-0.3, -0.25) is 4.79 Å². The van der Waals surface area contributed by atoms with E-state index in [4.69, 9.17) is 16.0 Å². The van der Waals surface area contributed by atoms with Gasteiger partial charge in [0.2, 0.25) is 0 Å². The molecule has 1 aromatic carbocycles. The van der Waals surface area contributed by atoms with Crippen LogP contribution in [0.25, 0.3) is 11.0 Å². The molecule has 0 unspecified atom stereocenters. The van der Waals surface area contributed by atoms with Crippen molar-refractivity contribution in [1.82, 2.24) is 5.32 Å². The maximum atomic E-state index is 12.9. The van der Waals surface area contributed by atoms with Crippen molar-refractivity contribution < 1.29 is 9.52 Å². The van der Waals surface area contributed by atoms with Crippen LogP contribution in [0.2, 0.25) is 5.02 Å². The molecule has 2 heterocycles. The predicted octanol–water partition coefficient (Wildman–Crippen LogP) is 3.40. The molecule has 0 bridgehead atoms. The molecule has 4 rings (SSSR count). The van der Waals surface area contributed by atoms with Crippen molar-refractivity contribution in [3.05, 3.63) is 45.3 Å². The molecule has 1 aliphatic carbocycles. The lowest BCUT2D eigenvalue weighted by molar-refractivity contribution is -0.0864. The Morgan fingerprint density at radius 1 is 1.30 bits per heavy atom. The number of rotatable bonds is 1. The van der Waals surface area contributed by atoms with Gasteiger partial charge in [-0.1, -0.05) is 24.4 Å². The van der Waals surface area contributed by atoms with Gasteiger partial charge in [0.15, 0.2) is 5.43 Å². The molecule has 23 heavy (non-hydrogen) atoms. The molecule has 4 nitrogen and oxygen atoms in total. The highest BCUT2D eigenvalue weighted by Crippen LogP contribution is 2.45. The van der Waals surface area contributed by atoms with E-state index in [2.05, 4.69) is 5.32 Å². The second kappa shape index (κ2) is 5.62. The van der Waals surface area contributed by atoms with Crippen LogP contribution in [-0.4, -0.2) is 17.3 Å². The fourth-order valence-electron chi connectivity index (χ4n) is 4.28. The Kier molecular flexibility index (Phi) is 3.71. The summed E-state index contributed by atoms with van der Waals surface area (Å²) in [6.45, 7) is 0.713. The van der Waals surface area contributed by atoms with Gasteiger partial charge in [0.05, 0.1) is 22.8 Å². The van der Waals surface area contributed by atoms with Gasteiger partial charge < -0.3 is 14.8 Å². The minimum atomic E-state index is -0.663. The summed E-state index contributed by atoms with van der Waals surface area (Å²) in [6, 6.07) is 4.93. The highest BCUT2D eigenvalue weighted by molar-refractivity contribution is 6.31. The summed E-state index contributed by atoms with van der Waals surface area (Å²) >= 11 is 6.03. The van der Waals surface area contributed by atoms with E-state index in [1.54, 1.807) is 24.5 Å². The first-order chi connectivity index (χ1) is 11.1. The highest BCUT2D eigenvalue weighted by atomic mass is 35.5. The smallest absolute Gasteiger partial charge is 0.197 e. The van der Waals surface area contributed by atoms with Gasteiger partial charge >= 0.3 is 0 Å². The number of benzene rings is 1. The summed E-state index contributed by atoms with van der Waals surface area (Å²) in [5, 5.41) is 15.4. The lowest BCUT2D eigenvalue weighted by atomic mass is 9.67. The Bertz CT molecular complexity index is 798. The third-order valence-corrected chi connectivity index (χ3v) is 5.72. The van der Waals surface area contributed by atoms with Gasteiger partial charge in [0.25, 0.3) is 0 Å². The third kappa shape index (κ3) is 2.49. The first-order valence-electron chi connectivity index (χ1n) is 8.25. The van der Waals surface area contributed by atoms with E-state index in [-0.39, 0.29) is 17.4 Å². The molecule has 1 saturated heterocycles. The zero-order chi connectivity index (χ0) is 16.0. The van der Waals surface area contributed by atoms with Gasteiger partial charge in [-0.15, -0.1) is 0 Å². The van der Waals surface area contributed by atoms with Crippen LogP contribution in [0.1, 0.15) is 43.7 Å². The number of hydrogen-bond donors (Lipinski definition) is 2. The molecule has 5 heteroatoms. The lowest BCUT2D eigenvalue weighted by Crippen LogP contribution is -2.54. The Hall–Kier alpha value is -1.36. The van der Waals surface area contributed by atoms with Crippen molar-refractivity contribution in [3.8, 4) is 0 Å². The topological polar surface area (TPSA) is 62.5 Å². The molecule has 2 N–H and O–H groups in total. The monoisotopic (exact) mass is 333 g/mol. The third-order valence-electron chi connectivity index (χ3n) is 5.49. The molecule has 1 aliphatic heterocycles. The summed E-state index contributed by atoms with van der Waals surface area (Å²) < 4.78 is 5.66. The molecular formula is C18H20ClNO3. The Balaban J connectivity index is 1.82. The lowest BCUT2D eigenvalue weighted by Gasteiger charge is -2.48. The molecule has 0 radical (unpaired) electrons. The van der Waals surface area contributed by atoms with E-state index in [1.807, 2.05) is 0 Å². The fourth-order valence-corrected chi connectivity index (χ4v) is 4.45. The van der Waals surface area contributed by atoms with Gasteiger partial charge in [-0.25, -0.2) is 0 Å². The number of aliphatic hydroxyl groups is 1. The molecule has 2 aliphatic rings. The predicted molar refractivity (Wildman–Crippen MR) is 89.8 cm³/mol. The van der Waals surface area contributed by atoms with Crippen LogP contribution < -0.4 is 10.7 Å². The summed E-state index contributed by atoms with van der Waals surface area (Å²) in [5.41, 5.74) is 0.424. The van der Waals surface area contributed by atoms with E-state index in [1.165, 1.54) is 0 Å². The quantitative estimate of drug-likeness (QED) is 0.839. The van der Waals surface area contributed by atoms with E-state index < -0.39 is 5.60 Å². The molecule has 3 atom stereocenters. The number of fused-ring (bicyclic) bond motifs is 2. The normalized spacial score (nSPS) is 31.0. The average Bonchev–Trinajstić information content (AvgIpc) is 2.55. The first-order valence-corrected chi connectivity index (χ1v) is 8.63. The summed E-state index contributed by atoms with van der Waals surface area (Å²) in [5.74, 6) is 0.0598. The van der Waals surface area contributed by atoms with Gasteiger partial charge in [0, 0.05) is 17.0 Å². The number of piperidine rings is 1. The number of halogens is 1. The van der Waals surface area contributed by atoms with Crippen molar-refractivity contribution in [1.29, 1.82) is 0 Å². The average molecular weight is 334 g/mol. The minimum Gasteiger partial charge on any atom is -0.464 e. The van der Waals surface area contributed by atoms with Crippen LogP contribution in [0.3, 0.4) is 0 Å². The Morgan fingerprint density at radius 2 is 2.17 bits per heavy atom. The maximum absolute atomic E-state index is 12.9.